The minimum Gasteiger partial charge on any atom is -0.364 e. The Morgan fingerprint density at radius 3 is 2.79 bits per heavy atom. The van der Waals surface area contributed by atoms with Gasteiger partial charge in [0.2, 0.25) is 0 Å². The van der Waals surface area contributed by atoms with Crippen LogP contribution in [0.1, 0.15) is 18.5 Å². The van der Waals surface area contributed by atoms with Crippen molar-refractivity contribution in [1.29, 1.82) is 0 Å². The summed E-state index contributed by atoms with van der Waals surface area (Å²) in [6.07, 6.45) is 5.92. The Bertz CT molecular complexity index is 522. The number of nitrogens with one attached hydrogen (secondary N) is 1. The molecule has 0 aromatic carbocycles. The maximum atomic E-state index is 4.34. The zero-order valence-corrected chi connectivity index (χ0v) is 10.8. The highest BCUT2D eigenvalue weighted by Gasteiger charge is 2.13. The highest BCUT2D eigenvalue weighted by molar-refractivity contribution is 5.48. The highest BCUT2D eigenvalue weighted by Crippen LogP contribution is 2.19. The number of nitrogens with zero attached hydrogens (tertiary/aromatic N) is 4. The van der Waals surface area contributed by atoms with Gasteiger partial charge < -0.3 is 10.2 Å². The van der Waals surface area contributed by atoms with Gasteiger partial charge in [-0.3, -0.25) is 4.98 Å². The van der Waals surface area contributed by atoms with Crippen LogP contribution in [0.2, 0.25) is 0 Å². The SMILES string of the molecule is c1ccc(CNc2cc(N3CCCC3)ncn2)nc1. The van der Waals surface area contributed by atoms with Crippen LogP contribution in [0.5, 0.6) is 0 Å². The third-order valence-corrected chi connectivity index (χ3v) is 3.26. The smallest absolute Gasteiger partial charge is 0.134 e. The van der Waals surface area contributed by atoms with Gasteiger partial charge in [-0.15, -0.1) is 0 Å². The van der Waals surface area contributed by atoms with Gasteiger partial charge in [0.05, 0.1) is 12.2 Å². The molecule has 0 bridgehead atoms. The fourth-order valence-electron chi connectivity index (χ4n) is 2.25. The summed E-state index contributed by atoms with van der Waals surface area (Å²) < 4.78 is 0. The third kappa shape index (κ3) is 2.99. The van der Waals surface area contributed by atoms with Crippen molar-refractivity contribution in [3.05, 3.63) is 42.5 Å². The van der Waals surface area contributed by atoms with E-state index >= 15 is 0 Å². The van der Waals surface area contributed by atoms with Crippen molar-refractivity contribution < 1.29 is 0 Å². The maximum absolute atomic E-state index is 4.34. The number of hydrogen-bond donors (Lipinski definition) is 1. The van der Waals surface area contributed by atoms with Gasteiger partial charge in [0, 0.05) is 25.4 Å². The molecule has 1 saturated heterocycles. The van der Waals surface area contributed by atoms with E-state index < -0.39 is 0 Å². The lowest BCUT2D eigenvalue weighted by Gasteiger charge is -2.16. The molecular weight excluding hydrogens is 238 g/mol. The molecule has 98 valence electrons. The number of aromatic nitrogens is 3. The highest BCUT2D eigenvalue weighted by atomic mass is 15.2. The van der Waals surface area contributed by atoms with Crippen molar-refractivity contribution in [3.8, 4) is 0 Å². The van der Waals surface area contributed by atoms with E-state index in [1.165, 1.54) is 12.8 Å². The lowest BCUT2D eigenvalue weighted by Crippen LogP contribution is -2.19. The van der Waals surface area contributed by atoms with Gasteiger partial charge in [0.1, 0.15) is 18.0 Å². The molecule has 5 nitrogen and oxygen atoms in total. The molecule has 0 spiro atoms. The van der Waals surface area contributed by atoms with Crippen LogP contribution in [-0.4, -0.2) is 28.0 Å². The maximum Gasteiger partial charge on any atom is 0.134 e. The molecule has 2 aromatic rings. The van der Waals surface area contributed by atoms with Crippen LogP contribution < -0.4 is 10.2 Å². The van der Waals surface area contributed by atoms with Crippen molar-refractivity contribution in [1.82, 2.24) is 15.0 Å². The minimum absolute atomic E-state index is 0.678. The van der Waals surface area contributed by atoms with E-state index in [0.29, 0.717) is 6.54 Å². The second kappa shape index (κ2) is 5.65. The van der Waals surface area contributed by atoms with E-state index in [1.807, 2.05) is 24.3 Å². The fourth-order valence-corrected chi connectivity index (χ4v) is 2.25. The van der Waals surface area contributed by atoms with Gasteiger partial charge in [-0.25, -0.2) is 9.97 Å². The largest absolute Gasteiger partial charge is 0.364 e. The zero-order valence-electron chi connectivity index (χ0n) is 10.8. The molecule has 1 N–H and O–H groups in total. The molecule has 2 aromatic heterocycles. The summed E-state index contributed by atoms with van der Waals surface area (Å²) in [5.41, 5.74) is 1.00. The van der Waals surface area contributed by atoms with E-state index in [4.69, 9.17) is 0 Å². The van der Waals surface area contributed by atoms with Crippen LogP contribution in [0.3, 0.4) is 0 Å². The Labute approximate surface area is 112 Å². The summed E-state index contributed by atoms with van der Waals surface area (Å²) in [4.78, 5) is 15.2. The van der Waals surface area contributed by atoms with Crippen molar-refractivity contribution >= 4 is 11.6 Å². The molecule has 0 amide bonds. The molecule has 1 aliphatic rings. The number of rotatable bonds is 4. The Morgan fingerprint density at radius 1 is 1.11 bits per heavy atom. The molecular formula is C14H17N5. The molecule has 0 saturated carbocycles. The molecule has 5 heteroatoms. The number of pyridine rings is 1. The summed E-state index contributed by atoms with van der Waals surface area (Å²) in [6.45, 7) is 2.87. The second-order valence-corrected chi connectivity index (χ2v) is 4.63. The first-order chi connectivity index (χ1) is 9.42. The molecule has 3 heterocycles. The summed E-state index contributed by atoms with van der Waals surface area (Å²) in [7, 11) is 0. The first-order valence-corrected chi connectivity index (χ1v) is 6.62. The monoisotopic (exact) mass is 255 g/mol. The van der Waals surface area contributed by atoms with Gasteiger partial charge in [-0.2, -0.15) is 0 Å². The fraction of sp³-hybridized carbons (Fsp3) is 0.357. The zero-order chi connectivity index (χ0) is 12.9. The Kier molecular flexibility index (Phi) is 3.54. The number of hydrogen-bond acceptors (Lipinski definition) is 5. The summed E-state index contributed by atoms with van der Waals surface area (Å²) in [5, 5.41) is 3.28. The molecule has 0 atom stereocenters. The molecule has 1 aliphatic heterocycles. The van der Waals surface area contributed by atoms with Crippen LogP contribution in [0.25, 0.3) is 0 Å². The quantitative estimate of drug-likeness (QED) is 0.906. The first kappa shape index (κ1) is 11.9. The van der Waals surface area contributed by atoms with Crippen molar-refractivity contribution in [2.75, 3.05) is 23.3 Å². The molecule has 1 fully saturated rings. The summed E-state index contributed by atoms with van der Waals surface area (Å²) >= 11 is 0. The average Bonchev–Trinajstić information content (AvgIpc) is 3.01. The molecule has 19 heavy (non-hydrogen) atoms. The third-order valence-electron chi connectivity index (χ3n) is 3.26. The number of anilines is 2. The van der Waals surface area contributed by atoms with E-state index in [-0.39, 0.29) is 0 Å². The van der Waals surface area contributed by atoms with Crippen molar-refractivity contribution in [2.45, 2.75) is 19.4 Å². The Hall–Kier alpha value is -2.17. The van der Waals surface area contributed by atoms with E-state index in [0.717, 1.165) is 30.4 Å². The Morgan fingerprint density at radius 2 is 2.00 bits per heavy atom. The summed E-state index contributed by atoms with van der Waals surface area (Å²) in [5.74, 6) is 1.86. The molecule has 3 rings (SSSR count). The van der Waals surface area contributed by atoms with E-state index in [9.17, 15) is 0 Å². The van der Waals surface area contributed by atoms with Gasteiger partial charge in [0.25, 0.3) is 0 Å². The topological polar surface area (TPSA) is 53.9 Å². The van der Waals surface area contributed by atoms with Crippen LogP contribution in [0.15, 0.2) is 36.8 Å². The first-order valence-electron chi connectivity index (χ1n) is 6.62. The van der Waals surface area contributed by atoms with Crippen LogP contribution >= 0.6 is 0 Å². The normalized spacial score (nSPS) is 14.6. The van der Waals surface area contributed by atoms with Crippen LogP contribution in [0.4, 0.5) is 11.6 Å². The summed E-state index contributed by atoms with van der Waals surface area (Å²) in [6, 6.07) is 7.91. The van der Waals surface area contributed by atoms with Crippen LogP contribution in [-0.2, 0) is 6.54 Å². The lowest BCUT2D eigenvalue weighted by molar-refractivity contribution is 0.924. The van der Waals surface area contributed by atoms with E-state index in [1.54, 1.807) is 12.5 Å². The minimum atomic E-state index is 0.678. The molecule has 0 radical (unpaired) electrons. The Balaban J connectivity index is 1.66. The molecule has 0 aliphatic carbocycles. The van der Waals surface area contributed by atoms with Crippen molar-refractivity contribution in [2.24, 2.45) is 0 Å². The van der Waals surface area contributed by atoms with Crippen LogP contribution in [0, 0.1) is 0 Å². The van der Waals surface area contributed by atoms with Crippen molar-refractivity contribution in [3.63, 3.8) is 0 Å². The lowest BCUT2D eigenvalue weighted by atomic mass is 10.3. The molecule has 0 unspecified atom stereocenters. The van der Waals surface area contributed by atoms with Gasteiger partial charge in [-0.05, 0) is 25.0 Å². The second-order valence-electron chi connectivity index (χ2n) is 4.63. The average molecular weight is 255 g/mol. The van der Waals surface area contributed by atoms with Gasteiger partial charge >= 0.3 is 0 Å². The van der Waals surface area contributed by atoms with Gasteiger partial charge in [-0.1, -0.05) is 6.07 Å². The van der Waals surface area contributed by atoms with E-state index in [2.05, 4.69) is 25.2 Å². The predicted molar refractivity (Wildman–Crippen MR) is 75.0 cm³/mol. The van der Waals surface area contributed by atoms with Gasteiger partial charge in [0.15, 0.2) is 0 Å². The standard InChI is InChI=1S/C14H17N5/c1-2-6-15-12(5-1)10-16-13-9-14(18-11-17-13)19-7-3-4-8-19/h1-2,5-6,9,11H,3-4,7-8,10H2,(H,16,17,18). The predicted octanol–water partition coefficient (Wildman–Crippen LogP) is 2.08.